The number of carbonyl (C=O) groups is 2. The summed E-state index contributed by atoms with van der Waals surface area (Å²) in [4.78, 5) is 23.6. The normalized spacial score (nSPS) is 11.0. The van der Waals surface area contributed by atoms with Gasteiger partial charge in [-0.05, 0) is 11.5 Å². The fourth-order valence-corrected chi connectivity index (χ4v) is 1.91. The van der Waals surface area contributed by atoms with Crippen molar-refractivity contribution < 1.29 is 9.59 Å². The number of hydrogen-bond donors (Lipinski definition) is 3. The second-order valence-electron chi connectivity index (χ2n) is 6.27. The monoisotopic (exact) mass is 300 g/mol. The number of nitrogens with one attached hydrogen (secondary N) is 3. The van der Waals surface area contributed by atoms with Gasteiger partial charge in [-0.25, -0.2) is 0 Å². The van der Waals surface area contributed by atoms with Gasteiger partial charge in [-0.1, -0.05) is 51.1 Å². The molecule has 0 aliphatic heterocycles. The molecular formula is C16H20N4O2. The third-order valence-corrected chi connectivity index (χ3v) is 2.90. The van der Waals surface area contributed by atoms with Crippen molar-refractivity contribution in [2.75, 3.05) is 0 Å². The topological polar surface area (TPSA) is 86.9 Å². The molecule has 0 aliphatic rings. The highest BCUT2D eigenvalue weighted by Crippen LogP contribution is 2.18. The van der Waals surface area contributed by atoms with Crippen LogP contribution in [0.1, 0.15) is 37.7 Å². The molecule has 1 heterocycles. The molecule has 1 aromatic carbocycles. The first-order chi connectivity index (χ1) is 10.3. The third kappa shape index (κ3) is 4.44. The largest absolute Gasteiger partial charge is 0.287 e. The Hall–Kier alpha value is -2.63. The number of hydrazine groups is 1. The first kappa shape index (κ1) is 15.8. The molecule has 1 aromatic heterocycles. The van der Waals surface area contributed by atoms with E-state index in [-0.39, 0.29) is 17.0 Å². The molecule has 2 amide bonds. The summed E-state index contributed by atoms with van der Waals surface area (Å²) >= 11 is 0. The van der Waals surface area contributed by atoms with Crippen LogP contribution in [-0.2, 0) is 4.79 Å². The van der Waals surface area contributed by atoms with Crippen molar-refractivity contribution in [3.8, 4) is 11.3 Å². The molecule has 0 saturated heterocycles. The summed E-state index contributed by atoms with van der Waals surface area (Å²) in [5.41, 5.74) is 6.51. The minimum Gasteiger partial charge on any atom is -0.273 e. The van der Waals surface area contributed by atoms with E-state index in [9.17, 15) is 9.59 Å². The van der Waals surface area contributed by atoms with Crippen molar-refractivity contribution in [3.05, 3.63) is 42.1 Å². The number of hydrogen-bond acceptors (Lipinski definition) is 3. The van der Waals surface area contributed by atoms with Gasteiger partial charge in [0.05, 0.1) is 5.69 Å². The summed E-state index contributed by atoms with van der Waals surface area (Å²) in [5.74, 6) is -0.666. The van der Waals surface area contributed by atoms with Crippen molar-refractivity contribution in [1.29, 1.82) is 0 Å². The first-order valence-electron chi connectivity index (χ1n) is 7.05. The molecule has 0 atom stereocenters. The van der Waals surface area contributed by atoms with Gasteiger partial charge in [-0.15, -0.1) is 0 Å². The number of H-pyrrole nitrogens is 1. The Labute approximate surface area is 129 Å². The van der Waals surface area contributed by atoms with Crippen LogP contribution in [-0.4, -0.2) is 22.0 Å². The standard InChI is InChI=1S/C16H20N4O2/c1-16(2,3)10-14(21)19-20-15(22)13-9-12(17-18-13)11-7-5-4-6-8-11/h4-9H,10H2,1-3H3,(H,17,18)(H,19,21)(H,20,22). The van der Waals surface area contributed by atoms with Crippen LogP contribution in [0.25, 0.3) is 11.3 Å². The van der Waals surface area contributed by atoms with Gasteiger partial charge in [0.15, 0.2) is 0 Å². The van der Waals surface area contributed by atoms with Crippen LogP contribution >= 0.6 is 0 Å². The molecule has 0 unspecified atom stereocenters. The van der Waals surface area contributed by atoms with E-state index >= 15 is 0 Å². The van der Waals surface area contributed by atoms with Crippen LogP contribution in [0.5, 0.6) is 0 Å². The van der Waals surface area contributed by atoms with Crippen molar-refractivity contribution in [3.63, 3.8) is 0 Å². The Morgan fingerprint density at radius 1 is 1.14 bits per heavy atom. The summed E-state index contributed by atoms with van der Waals surface area (Å²) in [6, 6.07) is 11.2. The van der Waals surface area contributed by atoms with E-state index in [1.54, 1.807) is 6.07 Å². The molecule has 22 heavy (non-hydrogen) atoms. The van der Waals surface area contributed by atoms with Crippen molar-refractivity contribution in [2.45, 2.75) is 27.2 Å². The van der Waals surface area contributed by atoms with Gasteiger partial charge in [0, 0.05) is 12.0 Å². The van der Waals surface area contributed by atoms with Gasteiger partial charge in [0.25, 0.3) is 5.91 Å². The summed E-state index contributed by atoms with van der Waals surface area (Å²) in [5, 5.41) is 6.76. The maximum atomic E-state index is 12.0. The molecule has 3 N–H and O–H groups in total. The van der Waals surface area contributed by atoms with Crippen LogP contribution in [0.2, 0.25) is 0 Å². The highest BCUT2D eigenvalue weighted by atomic mass is 16.2. The average Bonchev–Trinajstić information content (AvgIpc) is 2.94. The first-order valence-corrected chi connectivity index (χ1v) is 7.05. The smallest absolute Gasteiger partial charge is 0.273 e. The Morgan fingerprint density at radius 2 is 1.82 bits per heavy atom. The lowest BCUT2D eigenvalue weighted by Gasteiger charge is -2.17. The molecule has 0 bridgehead atoms. The van der Waals surface area contributed by atoms with Gasteiger partial charge < -0.3 is 0 Å². The molecule has 2 rings (SSSR count). The van der Waals surface area contributed by atoms with Crippen LogP contribution < -0.4 is 10.9 Å². The number of rotatable bonds is 3. The van der Waals surface area contributed by atoms with Crippen molar-refractivity contribution >= 4 is 11.8 Å². The minimum absolute atomic E-state index is 0.136. The molecule has 6 nitrogen and oxygen atoms in total. The maximum Gasteiger partial charge on any atom is 0.287 e. The number of aromatic nitrogens is 2. The molecule has 0 fully saturated rings. The zero-order chi connectivity index (χ0) is 16.2. The van der Waals surface area contributed by atoms with Crippen LogP contribution in [0.3, 0.4) is 0 Å². The molecule has 2 aromatic rings. The van der Waals surface area contributed by atoms with Gasteiger partial charge in [-0.3, -0.25) is 25.5 Å². The lowest BCUT2D eigenvalue weighted by molar-refractivity contribution is -0.123. The number of nitrogens with zero attached hydrogens (tertiary/aromatic N) is 1. The predicted octanol–water partition coefficient (Wildman–Crippen LogP) is 2.27. The second-order valence-corrected chi connectivity index (χ2v) is 6.27. The van der Waals surface area contributed by atoms with Crippen molar-refractivity contribution in [1.82, 2.24) is 21.0 Å². The molecule has 6 heteroatoms. The zero-order valence-corrected chi connectivity index (χ0v) is 12.9. The molecule has 0 saturated carbocycles. The van der Waals surface area contributed by atoms with E-state index < -0.39 is 5.91 Å². The number of amides is 2. The Kier molecular flexibility index (Phi) is 4.60. The number of aromatic amines is 1. The van der Waals surface area contributed by atoms with Crippen LogP contribution in [0.15, 0.2) is 36.4 Å². The van der Waals surface area contributed by atoms with E-state index in [1.807, 2.05) is 51.1 Å². The number of benzene rings is 1. The van der Waals surface area contributed by atoms with Gasteiger partial charge in [-0.2, -0.15) is 5.10 Å². The van der Waals surface area contributed by atoms with Gasteiger partial charge >= 0.3 is 0 Å². The highest BCUT2D eigenvalue weighted by Gasteiger charge is 2.17. The van der Waals surface area contributed by atoms with E-state index in [0.29, 0.717) is 12.1 Å². The molecule has 0 radical (unpaired) electrons. The second kappa shape index (κ2) is 6.43. The minimum atomic E-state index is -0.433. The van der Waals surface area contributed by atoms with Gasteiger partial charge in [0.2, 0.25) is 5.91 Å². The highest BCUT2D eigenvalue weighted by molar-refractivity contribution is 5.94. The van der Waals surface area contributed by atoms with E-state index in [4.69, 9.17) is 0 Å². The Bertz CT molecular complexity index is 656. The van der Waals surface area contributed by atoms with E-state index in [1.165, 1.54) is 0 Å². The molecule has 0 spiro atoms. The fourth-order valence-electron chi connectivity index (χ4n) is 1.91. The SMILES string of the molecule is CC(C)(C)CC(=O)NNC(=O)c1cc(-c2ccccc2)n[nH]1. The fraction of sp³-hybridized carbons (Fsp3) is 0.312. The summed E-state index contributed by atoms with van der Waals surface area (Å²) in [7, 11) is 0. The lowest BCUT2D eigenvalue weighted by atomic mass is 9.92. The quantitative estimate of drug-likeness (QED) is 0.760. The number of carbonyl (C=O) groups excluding carboxylic acids is 2. The lowest BCUT2D eigenvalue weighted by Crippen LogP contribution is -2.42. The molecule has 0 aliphatic carbocycles. The maximum absolute atomic E-state index is 12.0. The van der Waals surface area contributed by atoms with Crippen LogP contribution in [0, 0.1) is 5.41 Å². The third-order valence-electron chi connectivity index (χ3n) is 2.90. The summed E-state index contributed by atoms with van der Waals surface area (Å²) in [6.45, 7) is 5.86. The summed E-state index contributed by atoms with van der Waals surface area (Å²) in [6.07, 6.45) is 0.325. The van der Waals surface area contributed by atoms with Crippen LogP contribution in [0.4, 0.5) is 0 Å². The van der Waals surface area contributed by atoms with E-state index in [0.717, 1.165) is 5.56 Å². The van der Waals surface area contributed by atoms with Crippen molar-refractivity contribution in [2.24, 2.45) is 5.41 Å². The van der Waals surface area contributed by atoms with E-state index in [2.05, 4.69) is 21.0 Å². The average molecular weight is 300 g/mol. The zero-order valence-electron chi connectivity index (χ0n) is 12.9. The Balaban J connectivity index is 1.94. The predicted molar refractivity (Wildman–Crippen MR) is 83.7 cm³/mol. The summed E-state index contributed by atoms with van der Waals surface area (Å²) < 4.78 is 0. The molecule has 116 valence electrons. The Morgan fingerprint density at radius 3 is 2.45 bits per heavy atom. The van der Waals surface area contributed by atoms with Gasteiger partial charge in [0.1, 0.15) is 5.69 Å². The molecular weight excluding hydrogens is 280 g/mol.